The van der Waals surface area contributed by atoms with Crippen LogP contribution in [0.25, 0.3) is 10.6 Å². The lowest BCUT2D eigenvalue weighted by Gasteiger charge is -2.35. The van der Waals surface area contributed by atoms with E-state index in [4.69, 9.17) is 20.9 Å². The van der Waals surface area contributed by atoms with E-state index in [0.717, 1.165) is 17.0 Å². The Kier molecular flexibility index (Phi) is 6.33. The Morgan fingerprint density at radius 2 is 1.87 bits per heavy atom. The summed E-state index contributed by atoms with van der Waals surface area (Å²) in [6, 6.07) is 12.2. The van der Waals surface area contributed by atoms with E-state index in [1.165, 1.54) is 10.4 Å². The van der Waals surface area contributed by atoms with Crippen molar-refractivity contribution in [2.75, 3.05) is 37.7 Å². The summed E-state index contributed by atoms with van der Waals surface area (Å²) in [4.78, 5) is 14.5. The molecule has 0 bridgehead atoms. The van der Waals surface area contributed by atoms with Crippen LogP contribution in [0.4, 0.5) is 5.69 Å². The molecule has 0 aliphatic carbocycles. The molecule has 0 radical (unpaired) electrons. The fraction of sp³-hybridized carbons (Fsp3) is 0.300. The number of aromatic nitrogens is 1. The molecule has 0 N–H and O–H groups in total. The molecule has 3 aromatic rings. The number of hydrogen-bond donors (Lipinski definition) is 0. The molecule has 164 valence electrons. The molecule has 3 heterocycles. The van der Waals surface area contributed by atoms with Crippen LogP contribution < -0.4 is 4.90 Å². The van der Waals surface area contributed by atoms with Crippen molar-refractivity contribution in [3.63, 3.8) is 0 Å². The zero-order chi connectivity index (χ0) is 22.0. The molecule has 0 unspecified atom stereocenters. The Bertz CT molecular complexity index is 1170. The molecule has 1 fully saturated rings. The van der Waals surface area contributed by atoms with Crippen LogP contribution in [0.3, 0.4) is 0 Å². The lowest BCUT2D eigenvalue weighted by Crippen LogP contribution is -2.48. The standard InChI is InChI=1S/C20H20ClN3O5S2/c1-2-28-20(25)16-13-17(29-22-16)18-7-8-19(30-18)31(26,27)24-11-9-23(10-12-24)15-5-3-14(21)4-6-15/h3-8,13H,2,9-12H2,1H3. The van der Waals surface area contributed by atoms with Gasteiger partial charge in [0.25, 0.3) is 10.0 Å². The van der Waals surface area contributed by atoms with Crippen molar-refractivity contribution in [3.8, 4) is 10.6 Å². The molecule has 0 atom stereocenters. The number of rotatable bonds is 6. The summed E-state index contributed by atoms with van der Waals surface area (Å²) in [7, 11) is -3.63. The van der Waals surface area contributed by atoms with Gasteiger partial charge in [0.05, 0.1) is 11.5 Å². The van der Waals surface area contributed by atoms with E-state index in [0.29, 0.717) is 41.8 Å². The molecule has 0 amide bonds. The van der Waals surface area contributed by atoms with Crippen LogP contribution in [0.15, 0.2) is 51.2 Å². The minimum absolute atomic E-state index is 0.0491. The third kappa shape index (κ3) is 4.62. The molecule has 1 aliphatic heterocycles. The number of carbonyl (C=O) groups is 1. The first-order valence-electron chi connectivity index (χ1n) is 9.63. The van der Waals surface area contributed by atoms with E-state index in [9.17, 15) is 13.2 Å². The second-order valence-corrected chi connectivity index (χ2v) is 10.5. The summed E-state index contributed by atoms with van der Waals surface area (Å²) in [6.07, 6.45) is 0. The number of anilines is 1. The van der Waals surface area contributed by atoms with Crippen molar-refractivity contribution in [1.82, 2.24) is 9.46 Å². The van der Waals surface area contributed by atoms with Crippen LogP contribution in [0.2, 0.25) is 5.02 Å². The van der Waals surface area contributed by atoms with E-state index >= 15 is 0 Å². The topological polar surface area (TPSA) is 93.0 Å². The first-order valence-corrected chi connectivity index (χ1v) is 12.3. The summed E-state index contributed by atoms with van der Waals surface area (Å²) >= 11 is 7.02. The van der Waals surface area contributed by atoms with Gasteiger partial charge >= 0.3 is 5.97 Å². The van der Waals surface area contributed by atoms with E-state index in [1.807, 2.05) is 24.3 Å². The third-order valence-electron chi connectivity index (χ3n) is 4.84. The maximum absolute atomic E-state index is 13.1. The van der Waals surface area contributed by atoms with E-state index in [-0.39, 0.29) is 16.5 Å². The fourth-order valence-electron chi connectivity index (χ4n) is 3.25. The van der Waals surface area contributed by atoms with Crippen molar-refractivity contribution in [2.24, 2.45) is 0 Å². The van der Waals surface area contributed by atoms with Crippen LogP contribution in [0.1, 0.15) is 17.4 Å². The largest absolute Gasteiger partial charge is 0.461 e. The van der Waals surface area contributed by atoms with Gasteiger partial charge in [-0.1, -0.05) is 16.8 Å². The Morgan fingerprint density at radius 1 is 1.16 bits per heavy atom. The number of thiophene rings is 1. The first-order chi connectivity index (χ1) is 14.9. The van der Waals surface area contributed by atoms with Gasteiger partial charge in [0.1, 0.15) is 4.21 Å². The third-order valence-corrected chi connectivity index (χ3v) is 8.56. The smallest absolute Gasteiger partial charge is 0.360 e. The highest BCUT2D eigenvalue weighted by Crippen LogP contribution is 2.33. The molecule has 11 heteroatoms. The van der Waals surface area contributed by atoms with Crippen molar-refractivity contribution in [2.45, 2.75) is 11.1 Å². The molecule has 2 aromatic heterocycles. The van der Waals surface area contributed by atoms with Crippen molar-refractivity contribution in [1.29, 1.82) is 0 Å². The second kappa shape index (κ2) is 8.99. The van der Waals surface area contributed by atoms with Crippen LogP contribution >= 0.6 is 22.9 Å². The number of nitrogens with zero attached hydrogens (tertiary/aromatic N) is 3. The van der Waals surface area contributed by atoms with Crippen LogP contribution in [0.5, 0.6) is 0 Å². The maximum atomic E-state index is 13.1. The van der Waals surface area contributed by atoms with Crippen molar-refractivity contribution in [3.05, 3.63) is 53.2 Å². The molecule has 1 saturated heterocycles. The number of piperazine rings is 1. The molecule has 31 heavy (non-hydrogen) atoms. The summed E-state index contributed by atoms with van der Waals surface area (Å²) < 4.78 is 38.0. The Balaban J connectivity index is 1.45. The SMILES string of the molecule is CCOC(=O)c1cc(-c2ccc(S(=O)(=O)N3CCN(c4ccc(Cl)cc4)CC3)s2)on1. The fourth-order valence-corrected chi connectivity index (χ4v) is 6.21. The monoisotopic (exact) mass is 481 g/mol. The average Bonchev–Trinajstić information content (AvgIpc) is 3.45. The quantitative estimate of drug-likeness (QED) is 0.495. The van der Waals surface area contributed by atoms with E-state index in [1.54, 1.807) is 19.1 Å². The molecular weight excluding hydrogens is 462 g/mol. The number of sulfonamides is 1. The molecular formula is C20H20ClN3O5S2. The average molecular weight is 482 g/mol. The number of esters is 1. The van der Waals surface area contributed by atoms with E-state index in [2.05, 4.69) is 10.1 Å². The highest BCUT2D eigenvalue weighted by atomic mass is 35.5. The first kappa shape index (κ1) is 21.8. The van der Waals surface area contributed by atoms with Gasteiger partial charge in [0, 0.05) is 43.0 Å². The van der Waals surface area contributed by atoms with Crippen LogP contribution in [0, 0.1) is 0 Å². The zero-order valence-corrected chi connectivity index (χ0v) is 19.0. The molecule has 0 saturated carbocycles. The summed E-state index contributed by atoms with van der Waals surface area (Å²) in [6.45, 7) is 3.87. The van der Waals surface area contributed by atoms with Gasteiger partial charge in [-0.05, 0) is 43.3 Å². The highest BCUT2D eigenvalue weighted by Gasteiger charge is 2.30. The second-order valence-electron chi connectivity index (χ2n) is 6.78. The lowest BCUT2D eigenvalue weighted by atomic mass is 10.2. The number of hydrogen-bond acceptors (Lipinski definition) is 8. The summed E-state index contributed by atoms with van der Waals surface area (Å²) in [5, 5.41) is 4.36. The van der Waals surface area contributed by atoms with Gasteiger partial charge in [-0.2, -0.15) is 4.31 Å². The molecule has 4 rings (SSSR count). The Labute approximate surface area is 189 Å². The maximum Gasteiger partial charge on any atom is 0.360 e. The van der Waals surface area contributed by atoms with Gasteiger partial charge in [-0.3, -0.25) is 0 Å². The predicted octanol–water partition coefficient (Wildman–Crippen LogP) is 3.74. The number of benzene rings is 1. The molecule has 1 aromatic carbocycles. The molecule has 8 nitrogen and oxygen atoms in total. The molecule has 0 spiro atoms. The molecule has 1 aliphatic rings. The Morgan fingerprint density at radius 3 is 2.55 bits per heavy atom. The lowest BCUT2D eigenvalue weighted by molar-refractivity contribution is 0.0514. The van der Waals surface area contributed by atoms with E-state index < -0.39 is 16.0 Å². The predicted molar refractivity (Wildman–Crippen MR) is 118 cm³/mol. The highest BCUT2D eigenvalue weighted by molar-refractivity contribution is 7.91. The van der Waals surface area contributed by atoms with Gasteiger partial charge in [0.15, 0.2) is 11.5 Å². The minimum atomic E-state index is -3.63. The minimum Gasteiger partial charge on any atom is -0.461 e. The van der Waals surface area contributed by atoms with Crippen LogP contribution in [-0.4, -0.2) is 56.6 Å². The number of halogens is 1. The van der Waals surface area contributed by atoms with Crippen molar-refractivity contribution >= 4 is 44.6 Å². The number of ether oxygens (including phenoxy) is 1. The Hall–Kier alpha value is -2.40. The van der Waals surface area contributed by atoms with Gasteiger partial charge in [-0.15, -0.1) is 11.3 Å². The summed E-state index contributed by atoms with van der Waals surface area (Å²) in [5.74, 6) is -0.262. The van der Waals surface area contributed by atoms with Crippen LogP contribution in [-0.2, 0) is 14.8 Å². The van der Waals surface area contributed by atoms with Crippen molar-refractivity contribution < 1.29 is 22.5 Å². The normalized spacial score (nSPS) is 15.2. The van der Waals surface area contributed by atoms with Gasteiger partial charge < -0.3 is 14.2 Å². The number of carbonyl (C=O) groups excluding carboxylic acids is 1. The van der Waals surface area contributed by atoms with Gasteiger partial charge in [-0.25, -0.2) is 13.2 Å². The summed E-state index contributed by atoms with van der Waals surface area (Å²) in [5.41, 5.74) is 1.07. The zero-order valence-electron chi connectivity index (χ0n) is 16.7. The van der Waals surface area contributed by atoms with Gasteiger partial charge in [0.2, 0.25) is 0 Å².